The molecule has 0 saturated carbocycles. The summed E-state index contributed by atoms with van der Waals surface area (Å²) in [7, 11) is 0. The predicted molar refractivity (Wildman–Crippen MR) is 66.3 cm³/mol. The number of hydrogen-bond donors (Lipinski definition) is 2. The minimum absolute atomic E-state index is 0.0208. The second-order valence-electron chi connectivity index (χ2n) is 3.95. The van der Waals surface area contributed by atoms with E-state index in [2.05, 4.69) is 31.2 Å². The van der Waals surface area contributed by atoms with Crippen molar-refractivity contribution >= 4 is 5.97 Å². The molecule has 3 nitrogen and oxygen atoms in total. The Labute approximate surface area is 97.3 Å². The minimum Gasteiger partial charge on any atom is -0.480 e. The summed E-state index contributed by atoms with van der Waals surface area (Å²) in [4.78, 5) is 10.0. The minimum atomic E-state index is -0.931. The van der Waals surface area contributed by atoms with E-state index in [0.717, 1.165) is 6.42 Å². The van der Waals surface area contributed by atoms with Crippen LogP contribution in [0.3, 0.4) is 0 Å². The molecule has 0 unspecified atom stereocenters. The van der Waals surface area contributed by atoms with Gasteiger partial charge in [0, 0.05) is 0 Å². The summed E-state index contributed by atoms with van der Waals surface area (Å²) in [5, 5.41) is 8.23. The largest absolute Gasteiger partial charge is 0.480 e. The molecule has 1 rings (SSSR count). The van der Waals surface area contributed by atoms with Crippen molar-refractivity contribution in [1.29, 1.82) is 0 Å². The molecule has 0 saturated heterocycles. The molecule has 0 aromatic heterocycles. The Hall–Kier alpha value is -1.35. The van der Waals surface area contributed by atoms with E-state index in [1.54, 1.807) is 13.8 Å². The lowest BCUT2D eigenvalue weighted by atomic mass is 10.1. The van der Waals surface area contributed by atoms with Gasteiger partial charge in [-0.05, 0) is 17.9 Å². The second-order valence-corrected chi connectivity index (χ2v) is 3.95. The Morgan fingerprint density at radius 2 is 1.81 bits per heavy atom. The summed E-state index contributed by atoms with van der Waals surface area (Å²) in [6, 6.07) is 9.74. The Kier molecular flexibility index (Phi) is 7.21. The molecule has 0 aliphatic rings. The Bertz CT molecular complexity index is 296. The van der Waals surface area contributed by atoms with Crippen molar-refractivity contribution in [3.8, 4) is 0 Å². The Balaban J connectivity index is 0.000000281. The van der Waals surface area contributed by atoms with Crippen LogP contribution in [0, 0.1) is 5.92 Å². The van der Waals surface area contributed by atoms with Crippen LogP contribution in [0.5, 0.6) is 0 Å². The van der Waals surface area contributed by atoms with Gasteiger partial charge in [-0.25, -0.2) is 0 Å². The van der Waals surface area contributed by atoms with Gasteiger partial charge in [0.05, 0.1) is 0 Å². The number of carboxylic acids is 1. The van der Waals surface area contributed by atoms with Gasteiger partial charge in [-0.3, -0.25) is 4.79 Å². The van der Waals surface area contributed by atoms with E-state index in [9.17, 15) is 4.79 Å². The molecule has 3 N–H and O–H groups in total. The van der Waals surface area contributed by atoms with E-state index in [0.29, 0.717) is 0 Å². The molecule has 0 aliphatic carbocycles. The van der Waals surface area contributed by atoms with Crippen molar-refractivity contribution in [2.75, 3.05) is 0 Å². The molecule has 1 aromatic rings. The standard InChI is InChI=1S/C8H10.C5H11NO2/c1-2-8-6-4-3-5-7-8;1-3(2)4(6)5(7)8/h3-7H,2H2,1H3;3-4H,6H2,1-2H3,(H,7,8)/t;4-/m.1/s1. The lowest BCUT2D eigenvalue weighted by molar-refractivity contribution is -0.139. The number of aryl methyl sites for hydroxylation is 1. The van der Waals surface area contributed by atoms with E-state index in [4.69, 9.17) is 10.8 Å². The summed E-state index contributed by atoms with van der Waals surface area (Å²) in [6.07, 6.45) is 1.14. The van der Waals surface area contributed by atoms with Crippen LogP contribution in [0.2, 0.25) is 0 Å². The number of rotatable bonds is 3. The molecular formula is C13H21NO2. The fraction of sp³-hybridized carbons (Fsp3) is 0.462. The molecule has 0 amide bonds. The third kappa shape index (κ3) is 6.19. The zero-order valence-corrected chi connectivity index (χ0v) is 10.2. The van der Waals surface area contributed by atoms with Crippen molar-refractivity contribution in [3.05, 3.63) is 35.9 Å². The quantitative estimate of drug-likeness (QED) is 0.826. The average Bonchev–Trinajstić information content (AvgIpc) is 2.29. The van der Waals surface area contributed by atoms with E-state index in [1.165, 1.54) is 5.56 Å². The molecule has 0 fully saturated rings. The van der Waals surface area contributed by atoms with E-state index >= 15 is 0 Å². The molecule has 90 valence electrons. The van der Waals surface area contributed by atoms with Crippen LogP contribution in [0.25, 0.3) is 0 Å². The topological polar surface area (TPSA) is 63.3 Å². The van der Waals surface area contributed by atoms with Gasteiger partial charge in [-0.15, -0.1) is 0 Å². The van der Waals surface area contributed by atoms with Gasteiger partial charge in [0.2, 0.25) is 0 Å². The average molecular weight is 223 g/mol. The maximum atomic E-state index is 10.0. The molecule has 0 spiro atoms. The third-order valence-corrected chi connectivity index (χ3v) is 2.25. The molecule has 0 radical (unpaired) electrons. The maximum absolute atomic E-state index is 10.0. The molecule has 0 heterocycles. The normalized spacial score (nSPS) is 11.6. The van der Waals surface area contributed by atoms with E-state index < -0.39 is 12.0 Å². The zero-order chi connectivity index (χ0) is 12.6. The van der Waals surface area contributed by atoms with Gasteiger partial charge >= 0.3 is 5.97 Å². The first-order valence-corrected chi connectivity index (χ1v) is 5.51. The van der Waals surface area contributed by atoms with Crippen molar-refractivity contribution in [2.24, 2.45) is 11.7 Å². The fourth-order valence-electron chi connectivity index (χ4n) is 0.999. The van der Waals surface area contributed by atoms with Crippen molar-refractivity contribution in [2.45, 2.75) is 33.2 Å². The van der Waals surface area contributed by atoms with Crippen LogP contribution < -0.4 is 5.73 Å². The van der Waals surface area contributed by atoms with Crippen molar-refractivity contribution < 1.29 is 9.90 Å². The smallest absolute Gasteiger partial charge is 0.320 e. The second kappa shape index (κ2) is 7.88. The molecule has 1 aromatic carbocycles. The first kappa shape index (κ1) is 14.6. The summed E-state index contributed by atoms with van der Waals surface area (Å²) in [6.45, 7) is 5.72. The summed E-state index contributed by atoms with van der Waals surface area (Å²) < 4.78 is 0. The zero-order valence-electron chi connectivity index (χ0n) is 10.2. The monoisotopic (exact) mass is 223 g/mol. The van der Waals surface area contributed by atoms with Crippen LogP contribution in [-0.4, -0.2) is 17.1 Å². The lowest BCUT2D eigenvalue weighted by Crippen LogP contribution is -2.34. The Morgan fingerprint density at radius 1 is 1.31 bits per heavy atom. The highest BCUT2D eigenvalue weighted by atomic mass is 16.4. The van der Waals surface area contributed by atoms with Crippen LogP contribution in [0.15, 0.2) is 30.3 Å². The van der Waals surface area contributed by atoms with Gasteiger partial charge in [0.25, 0.3) is 0 Å². The van der Waals surface area contributed by atoms with Gasteiger partial charge in [-0.1, -0.05) is 51.1 Å². The first-order valence-electron chi connectivity index (χ1n) is 5.51. The summed E-state index contributed by atoms with van der Waals surface area (Å²) in [5.74, 6) is -0.910. The number of nitrogens with two attached hydrogens (primary N) is 1. The highest BCUT2D eigenvalue weighted by Gasteiger charge is 2.14. The summed E-state index contributed by atoms with van der Waals surface area (Å²) in [5.41, 5.74) is 6.57. The third-order valence-electron chi connectivity index (χ3n) is 2.25. The number of carbonyl (C=O) groups is 1. The first-order chi connectivity index (χ1) is 7.49. The van der Waals surface area contributed by atoms with Crippen molar-refractivity contribution in [3.63, 3.8) is 0 Å². The molecule has 1 atom stereocenters. The molecule has 3 heteroatoms. The van der Waals surface area contributed by atoms with E-state index in [1.807, 2.05) is 6.07 Å². The molecule has 0 aliphatic heterocycles. The predicted octanol–water partition coefficient (Wildman–Crippen LogP) is 2.30. The van der Waals surface area contributed by atoms with Crippen molar-refractivity contribution in [1.82, 2.24) is 0 Å². The highest BCUT2D eigenvalue weighted by Crippen LogP contribution is 1.97. The maximum Gasteiger partial charge on any atom is 0.320 e. The van der Waals surface area contributed by atoms with Gasteiger partial charge in [0.1, 0.15) is 6.04 Å². The summed E-state index contributed by atoms with van der Waals surface area (Å²) >= 11 is 0. The SMILES string of the molecule is CC(C)[C@@H](N)C(=O)O.CCc1ccccc1. The Morgan fingerprint density at radius 3 is 2.00 bits per heavy atom. The molecule has 0 bridgehead atoms. The van der Waals surface area contributed by atoms with Crippen LogP contribution in [0.4, 0.5) is 0 Å². The number of aliphatic carboxylic acids is 1. The number of benzene rings is 1. The van der Waals surface area contributed by atoms with Crippen LogP contribution in [-0.2, 0) is 11.2 Å². The fourth-order valence-corrected chi connectivity index (χ4v) is 0.999. The van der Waals surface area contributed by atoms with Crippen LogP contribution >= 0.6 is 0 Å². The van der Waals surface area contributed by atoms with Crippen LogP contribution in [0.1, 0.15) is 26.3 Å². The number of carboxylic acid groups (broad SMARTS) is 1. The molecule has 16 heavy (non-hydrogen) atoms. The van der Waals surface area contributed by atoms with Gasteiger partial charge in [0.15, 0.2) is 0 Å². The van der Waals surface area contributed by atoms with Gasteiger partial charge in [-0.2, -0.15) is 0 Å². The number of hydrogen-bond acceptors (Lipinski definition) is 2. The lowest BCUT2D eigenvalue weighted by Gasteiger charge is -2.07. The molecular weight excluding hydrogens is 202 g/mol. The van der Waals surface area contributed by atoms with E-state index in [-0.39, 0.29) is 5.92 Å². The highest BCUT2D eigenvalue weighted by molar-refractivity contribution is 5.73. The van der Waals surface area contributed by atoms with Gasteiger partial charge < -0.3 is 10.8 Å².